The van der Waals surface area contributed by atoms with Crippen LogP contribution in [0.25, 0.3) is 0 Å². The minimum Gasteiger partial charge on any atom is -0.324 e. The summed E-state index contributed by atoms with van der Waals surface area (Å²) in [7, 11) is 0. The predicted molar refractivity (Wildman–Crippen MR) is 56.4 cm³/mol. The van der Waals surface area contributed by atoms with E-state index in [0.29, 0.717) is 22.2 Å². The Kier molecular flexibility index (Phi) is 1.34. The van der Waals surface area contributed by atoms with E-state index < -0.39 is 0 Å². The molecule has 1 atom stereocenters. The van der Waals surface area contributed by atoms with E-state index in [4.69, 9.17) is 5.73 Å². The maximum absolute atomic E-state index is 6.48. The van der Waals surface area contributed by atoms with Crippen LogP contribution >= 0.6 is 0 Å². The molecule has 2 rings (SSSR count). The lowest BCUT2D eigenvalue weighted by Crippen LogP contribution is -2.33. The van der Waals surface area contributed by atoms with Crippen molar-refractivity contribution < 1.29 is 0 Å². The van der Waals surface area contributed by atoms with Crippen molar-refractivity contribution in [1.82, 2.24) is 0 Å². The first kappa shape index (κ1) is 9.51. The molecule has 76 valence electrons. The fourth-order valence-electron chi connectivity index (χ4n) is 3.66. The first-order chi connectivity index (χ1) is 5.57. The number of rotatable bonds is 1. The molecule has 2 aliphatic carbocycles. The van der Waals surface area contributed by atoms with Crippen LogP contribution in [0.1, 0.15) is 48.0 Å². The largest absolute Gasteiger partial charge is 0.324 e. The summed E-state index contributed by atoms with van der Waals surface area (Å²) in [6.07, 6.45) is 1.21. The van der Waals surface area contributed by atoms with Gasteiger partial charge in [-0.3, -0.25) is 0 Å². The Balaban J connectivity index is 2.25. The van der Waals surface area contributed by atoms with E-state index in [9.17, 15) is 0 Å². The van der Waals surface area contributed by atoms with Gasteiger partial charge in [-0.1, -0.05) is 41.5 Å². The fraction of sp³-hybridized carbons (Fsp3) is 1.00. The molecule has 0 amide bonds. The summed E-state index contributed by atoms with van der Waals surface area (Å²) in [5.41, 5.74) is 7.86. The normalized spacial score (nSPS) is 44.5. The quantitative estimate of drug-likeness (QED) is 0.661. The van der Waals surface area contributed by atoms with E-state index in [1.807, 2.05) is 0 Å². The van der Waals surface area contributed by atoms with Gasteiger partial charge >= 0.3 is 0 Å². The van der Waals surface area contributed by atoms with Crippen LogP contribution in [0.15, 0.2) is 0 Å². The zero-order chi connectivity index (χ0) is 10.3. The van der Waals surface area contributed by atoms with Gasteiger partial charge in [0.05, 0.1) is 0 Å². The minimum atomic E-state index is 0.125. The number of nitrogens with two attached hydrogens (primary N) is 1. The molecule has 2 fully saturated rings. The second-order valence-corrected chi connectivity index (χ2v) is 6.98. The van der Waals surface area contributed by atoms with Crippen molar-refractivity contribution in [3.05, 3.63) is 0 Å². The second kappa shape index (κ2) is 1.84. The molecule has 1 unspecified atom stereocenters. The Morgan fingerprint density at radius 3 is 1.31 bits per heavy atom. The van der Waals surface area contributed by atoms with Gasteiger partial charge in [0, 0.05) is 5.54 Å². The van der Waals surface area contributed by atoms with Crippen LogP contribution < -0.4 is 5.73 Å². The van der Waals surface area contributed by atoms with Crippen LogP contribution in [-0.2, 0) is 0 Å². The van der Waals surface area contributed by atoms with Crippen molar-refractivity contribution in [1.29, 1.82) is 0 Å². The SMILES string of the molecule is CC1(C)CC1(N)C1C(C)(C)C1(C)C. The summed E-state index contributed by atoms with van der Waals surface area (Å²) in [5, 5.41) is 0. The Hall–Kier alpha value is -0.0400. The topological polar surface area (TPSA) is 26.0 Å². The molecule has 2 N–H and O–H groups in total. The Morgan fingerprint density at radius 1 is 0.923 bits per heavy atom. The molecule has 13 heavy (non-hydrogen) atoms. The summed E-state index contributed by atoms with van der Waals surface area (Å²) in [6, 6.07) is 0. The highest BCUT2D eigenvalue weighted by molar-refractivity contribution is 5.31. The maximum Gasteiger partial charge on any atom is 0.0251 e. The average Bonchev–Trinajstić information content (AvgIpc) is 2.42. The molecule has 2 saturated carbocycles. The van der Waals surface area contributed by atoms with Crippen LogP contribution in [0.3, 0.4) is 0 Å². The fourth-order valence-corrected chi connectivity index (χ4v) is 3.66. The molecular formula is C12H23N. The van der Waals surface area contributed by atoms with Gasteiger partial charge in [0.1, 0.15) is 0 Å². The van der Waals surface area contributed by atoms with Gasteiger partial charge in [0.25, 0.3) is 0 Å². The number of hydrogen-bond acceptors (Lipinski definition) is 1. The Labute approximate surface area is 82.1 Å². The highest BCUT2D eigenvalue weighted by atomic mass is 15.0. The van der Waals surface area contributed by atoms with Gasteiger partial charge in [-0.15, -0.1) is 0 Å². The van der Waals surface area contributed by atoms with E-state index >= 15 is 0 Å². The van der Waals surface area contributed by atoms with Gasteiger partial charge in [0.2, 0.25) is 0 Å². The van der Waals surface area contributed by atoms with Crippen LogP contribution in [-0.4, -0.2) is 5.54 Å². The predicted octanol–water partition coefficient (Wildman–Crippen LogP) is 2.80. The van der Waals surface area contributed by atoms with E-state index in [1.54, 1.807) is 0 Å². The smallest absolute Gasteiger partial charge is 0.0251 e. The molecule has 2 aliphatic rings. The van der Waals surface area contributed by atoms with Gasteiger partial charge in [0.15, 0.2) is 0 Å². The Morgan fingerprint density at radius 2 is 1.23 bits per heavy atom. The molecule has 0 aliphatic heterocycles. The zero-order valence-electron chi connectivity index (χ0n) is 9.86. The average molecular weight is 181 g/mol. The summed E-state index contributed by atoms with van der Waals surface area (Å²) in [4.78, 5) is 0. The highest BCUT2D eigenvalue weighted by Crippen LogP contribution is 2.79. The molecule has 0 aromatic heterocycles. The van der Waals surface area contributed by atoms with Gasteiger partial charge in [-0.05, 0) is 28.6 Å². The molecule has 1 heteroatoms. The summed E-state index contributed by atoms with van der Waals surface area (Å²) < 4.78 is 0. The Bertz CT molecular complexity index is 248. The lowest BCUT2D eigenvalue weighted by Gasteiger charge is -2.17. The van der Waals surface area contributed by atoms with Crippen LogP contribution in [0.5, 0.6) is 0 Å². The highest BCUT2D eigenvalue weighted by Gasteiger charge is 2.79. The van der Waals surface area contributed by atoms with Crippen molar-refractivity contribution >= 4 is 0 Å². The maximum atomic E-state index is 6.48. The van der Waals surface area contributed by atoms with Gasteiger partial charge in [-0.2, -0.15) is 0 Å². The van der Waals surface area contributed by atoms with E-state index in [0.717, 1.165) is 0 Å². The third-order valence-electron chi connectivity index (χ3n) is 5.41. The second-order valence-electron chi connectivity index (χ2n) is 6.98. The molecule has 0 heterocycles. The molecule has 1 nitrogen and oxygen atoms in total. The molecule has 0 radical (unpaired) electrons. The summed E-state index contributed by atoms with van der Waals surface area (Å²) in [5.74, 6) is 0.711. The molecule has 0 aromatic carbocycles. The summed E-state index contributed by atoms with van der Waals surface area (Å²) in [6.45, 7) is 14.1. The van der Waals surface area contributed by atoms with Crippen molar-refractivity contribution in [3.8, 4) is 0 Å². The summed E-state index contributed by atoms with van der Waals surface area (Å²) >= 11 is 0. The lowest BCUT2D eigenvalue weighted by atomic mass is 9.95. The van der Waals surface area contributed by atoms with Gasteiger partial charge < -0.3 is 5.73 Å². The standard InChI is InChI=1S/C12H23N/c1-9(2)7-12(9,13)8-10(3,4)11(8,5)6/h8H,7,13H2,1-6H3. The monoisotopic (exact) mass is 181 g/mol. The van der Waals surface area contributed by atoms with Crippen molar-refractivity contribution in [2.75, 3.05) is 0 Å². The van der Waals surface area contributed by atoms with Crippen molar-refractivity contribution in [3.63, 3.8) is 0 Å². The third-order valence-corrected chi connectivity index (χ3v) is 5.41. The molecule has 0 aromatic rings. The molecule has 0 bridgehead atoms. The van der Waals surface area contributed by atoms with Crippen LogP contribution in [0.4, 0.5) is 0 Å². The zero-order valence-corrected chi connectivity index (χ0v) is 9.86. The van der Waals surface area contributed by atoms with E-state index in [2.05, 4.69) is 41.5 Å². The van der Waals surface area contributed by atoms with Gasteiger partial charge in [-0.25, -0.2) is 0 Å². The van der Waals surface area contributed by atoms with E-state index in [-0.39, 0.29) is 5.54 Å². The van der Waals surface area contributed by atoms with Crippen molar-refractivity contribution in [2.24, 2.45) is 27.9 Å². The molecule has 0 spiro atoms. The first-order valence-electron chi connectivity index (χ1n) is 5.36. The first-order valence-corrected chi connectivity index (χ1v) is 5.36. The number of hydrogen-bond donors (Lipinski definition) is 1. The van der Waals surface area contributed by atoms with E-state index in [1.165, 1.54) is 6.42 Å². The van der Waals surface area contributed by atoms with Crippen LogP contribution in [0, 0.1) is 22.2 Å². The van der Waals surface area contributed by atoms with Crippen LogP contribution in [0.2, 0.25) is 0 Å². The molecule has 0 saturated heterocycles. The third kappa shape index (κ3) is 0.823. The van der Waals surface area contributed by atoms with Crippen molar-refractivity contribution in [2.45, 2.75) is 53.5 Å². The molecular weight excluding hydrogens is 158 g/mol. The lowest BCUT2D eigenvalue weighted by molar-refractivity contribution is 0.383. The minimum absolute atomic E-state index is 0.125.